The Kier molecular flexibility index (Phi) is 10.1. The van der Waals surface area contributed by atoms with Gasteiger partial charge in [-0.2, -0.15) is 0 Å². The highest BCUT2D eigenvalue weighted by atomic mass is 32.1. The van der Waals surface area contributed by atoms with E-state index in [4.69, 9.17) is 33.2 Å². The molecule has 1 aliphatic rings. The van der Waals surface area contributed by atoms with Crippen molar-refractivity contribution >= 4 is 23.4 Å². The Morgan fingerprint density at radius 1 is 0.795 bits per heavy atom. The van der Waals surface area contributed by atoms with Crippen LogP contribution in [0.2, 0.25) is 0 Å². The van der Waals surface area contributed by atoms with Crippen LogP contribution in [0.15, 0.2) is 72.8 Å². The number of ether oxygens (including phenoxy) is 7. The summed E-state index contributed by atoms with van der Waals surface area (Å²) in [5.41, 5.74) is 2.44. The lowest BCUT2D eigenvalue weighted by Gasteiger charge is -2.19. The minimum absolute atomic E-state index is 0.0716. The van der Waals surface area contributed by atoms with Crippen molar-refractivity contribution in [2.45, 2.75) is 25.7 Å². The molecule has 10 nitrogen and oxygen atoms in total. The Balaban J connectivity index is 1.35. The molecule has 11 heteroatoms. The van der Waals surface area contributed by atoms with Crippen LogP contribution in [0.1, 0.15) is 16.0 Å². The monoisotopic (exact) mass is 619 g/mol. The van der Waals surface area contributed by atoms with Gasteiger partial charge in [0.05, 0.1) is 31.1 Å². The van der Waals surface area contributed by atoms with E-state index >= 15 is 0 Å². The summed E-state index contributed by atoms with van der Waals surface area (Å²) in [4.78, 5) is 27.5. The molecule has 3 aromatic carbocycles. The summed E-state index contributed by atoms with van der Waals surface area (Å²) in [5, 5.41) is 2.67. The molecule has 230 valence electrons. The van der Waals surface area contributed by atoms with Gasteiger partial charge in [-0.15, -0.1) is 11.3 Å². The number of benzene rings is 3. The highest BCUT2D eigenvalue weighted by Gasteiger charge is 2.29. The number of thiophene rings is 1. The molecular formula is C33H33NO9S. The van der Waals surface area contributed by atoms with E-state index in [-0.39, 0.29) is 19.6 Å². The number of amides is 1. The van der Waals surface area contributed by atoms with E-state index in [1.54, 1.807) is 21.3 Å². The number of alkyl carbamates (subject to hydrolysis) is 1. The molecule has 44 heavy (non-hydrogen) atoms. The van der Waals surface area contributed by atoms with Gasteiger partial charge in [0, 0.05) is 12.0 Å². The predicted molar refractivity (Wildman–Crippen MR) is 164 cm³/mol. The zero-order valence-corrected chi connectivity index (χ0v) is 25.4. The number of carbonyl (C=O) groups excluding carboxylic acids is 2. The molecule has 4 aromatic rings. The molecule has 0 aliphatic carbocycles. The SMILES string of the molecule is COc1cc(-c2sc(COC(=O)[C@H](Cc3ccccc3)NC(=O)OCc3ccccc3)c3c2OCCO3)cc(OC)c1OC. The van der Waals surface area contributed by atoms with E-state index < -0.39 is 18.1 Å². The molecule has 1 amide bonds. The summed E-state index contributed by atoms with van der Waals surface area (Å²) in [6.07, 6.45) is -0.500. The van der Waals surface area contributed by atoms with E-state index in [9.17, 15) is 9.59 Å². The number of fused-ring (bicyclic) bond motifs is 1. The van der Waals surface area contributed by atoms with Crippen molar-refractivity contribution in [2.75, 3.05) is 34.5 Å². The minimum atomic E-state index is -0.983. The normalized spacial score (nSPS) is 12.5. The molecule has 5 rings (SSSR count). The van der Waals surface area contributed by atoms with Crippen molar-refractivity contribution in [3.63, 3.8) is 0 Å². The third-order valence-corrected chi connectivity index (χ3v) is 7.99. The molecule has 2 heterocycles. The van der Waals surface area contributed by atoms with E-state index in [1.807, 2.05) is 72.8 Å². The van der Waals surface area contributed by atoms with Gasteiger partial charge in [0.1, 0.15) is 32.5 Å². The van der Waals surface area contributed by atoms with Gasteiger partial charge in [0.15, 0.2) is 23.0 Å². The fourth-order valence-corrected chi connectivity index (χ4v) is 5.78. The van der Waals surface area contributed by atoms with E-state index in [2.05, 4.69) is 5.32 Å². The van der Waals surface area contributed by atoms with Gasteiger partial charge in [0.2, 0.25) is 5.75 Å². The van der Waals surface area contributed by atoms with Gasteiger partial charge < -0.3 is 38.5 Å². The fourth-order valence-electron chi connectivity index (χ4n) is 4.69. The van der Waals surface area contributed by atoms with E-state index in [0.29, 0.717) is 46.8 Å². The Hall–Kier alpha value is -4.90. The van der Waals surface area contributed by atoms with Crippen LogP contribution < -0.4 is 29.0 Å². The lowest BCUT2D eigenvalue weighted by Crippen LogP contribution is -2.43. The summed E-state index contributed by atoms with van der Waals surface area (Å²) in [7, 11) is 4.64. The standard InChI is InChI=1S/C33H33NO9S/c1-37-25-17-23(18-26(38-2)28(25)39-3)31-30-29(40-14-15-41-30)27(44-31)20-42-32(35)24(16-21-10-6-4-7-11-21)34-33(36)43-19-22-12-8-5-9-13-22/h4-13,17-18,24H,14-16,19-20H2,1-3H3,(H,34,36)/t24-/m0/s1. The molecule has 1 aromatic heterocycles. The first-order valence-corrected chi connectivity index (χ1v) is 14.7. The molecule has 0 saturated carbocycles. The average molecular weight is 620 g/mol. The molecule has 0 radical (unpaired) electrons. The van der Waals surface area contributed by atoms with Crippen LogP contribution in [0.5, 0.6) is 28.7 Å². The number of hydrogen-bond donors (Lipinski definition) is 1. The second kappa shape index (κ2) is 14.5. The van der Waals surface area contributed by atoms with E-state index in [0.717, 1.165) is 21.6 Å². The topological polar surface area (TPSA) is 111 Å². The molecule has 0 fully saturated rings. The Bertz CT molecular complexity index is 1550. The summed E-state index contributed by atoms with van der Waals surface area (Å²) < 4.78 is 39.6. The predicted octanol–water partition coefficient (Wildman–Crippen LogP) is 5.79. The molecular weight excluding hydrogens is 586 g/mol. The molecule has 1 N–H and O–H groups in total. The summed E-state index contributed by atoms with van der Waals surface area (Å²) in [6.45, 7) is 0.702. The average Bonchev–Trinajstić information content (AvgIpc) is 3.44. The third-order valence-electron chi connectivity index (χ3n) is 6.81. The van der Waals surface area contributed by atoms with Gasteiger partial charge in [-0.25, -0.2) is 9.59 Å². The van der Waals surface area contributed by atoms with Crippen molar-refractivity contribution < 1.29 is 42.7 Å². The van der Waals surface area contributed by atoms with Crippen LogP contribution >= 0.6 is 11.3 Å². The Morgan fingerprint density at radius 3 is 2.02 bits per heavy atom. The largest absolute Gasteiger partial charge is 0.493 e. The van der Waals surface area contributed by atoms with Gasteiger partial charge in [-0.1, -0.05) is 60.7 Å². The van der Waals surface area contributed by atoms with Crippen molar-refractivity contribution in [1.82, 2.24) is 5.32 Å². The van der Waals surface area contributed by atoms with Gasteiger partial charge >= 0.3 is 12.1 Å². The lowest BCUT2D eigenvalue weighted by molar-refractivity contribution is -0.147. The maximum absolute atomic E-state index is 13.4. The van der Waals surface area contributed by atoms with Crippen molar-refractivity contribution in [3.8, 4) is 39.2 Å². The molecule has 1 aliphatic heterocycles. The molecule has 1 atom stereocenters. The Labute approximate surface area is 259 Å². The van der Waals surface area contributed by atoms with Gasteiger partial charge in [-0.3, -0.25) is 0 Å². The maximum Gasteiger partial charge on any atom is 0.408 e. The quantitative estimate of drug-likeness (QED) is 0.197. The van der Waals surface area contributed by atoms with Crippen LogP contribution in [0.3, 0.4) is 0 Å². The second-order valence-electron chi connectivity index (χ2n) is 9.68. The number of methoxy groups -OCH3 is 3. The highest BCUT2D eigenvalue weighted by Crippen LogP contribution is 2.52. The first-order valence-electron chi connectivity index (χ1n) is 13.9. The first-order chi connectivity index (χ1) is 21.5. The molecule has 0 spiro atoms. The van der Waals surface area contributed by atoms with Crippen molar-refractivity contribution in [3.05, 3.63) is 88.8 Å². The second-order valence-corrected chi connectivity index (χ2v) is 10.8. The first kappa shape index (κ1) is 30.6. The number of rotatable bonds is 12. The fraction of sp³-hybridized carbons (Fsp3) is 0.273. The lowest BCUT2D eigenvalue weighted by atomic mass is 10.1. The Morgan fingerprint density at radius 2 is 1.41 bits per heavy atom. The zero-order chi connectivity index (χ0) is 30.9. The van der Waals surface area contributed by atoms with Crippen LogP contribution in [0.4, 0.5) is 4.79 Å². The van der Waals surface area contributed by atoms with Crippen molar-refractivity contribution in [2.24, 2.45) is 0 Å². The zero-order valence-electron chi connectivity index (χ0n) is 24.6. The van der Waals surface area contributed by atoms with Crippen LogP contribution in [0, 0.1) is 0 Å². The van der Waals surface area contributed by atoms with Crippen LogP contribution in [0.25, 0.3) is 10.4 Å². The minimum Gasteiger partial charge on any atom is -0.493 e. The molecule has 0 bridgehead atoms. The third kappa shape index (κ3) is 7.17. The molecule has 0 saturated heterocycles. The highest BCUT2D eigenvalue weighted by molar-refractivity contribution is 7.16. The summed E-state index contributed by atoms with van der Waals surface area (Å²) in [5.74, 6) is 1.89. The number of esters is 1. The van der Waals surface area contributed by atoms with E-state index in [1.165, 1.54) is 11.3 Å². The van der Waals surface area contributed by atoms with Crippen molar-refractivity contribution in [1.29, 1.82) is 0 Å². The summed E-state index contributed by atoms with van der Waals surface area (Å²) in [6, 6.07) is 21.3. The maximum atomic E-state index is 13.4. The smallest absolute Gasteiger partial charge is 0.408 e. The van der Waals surface area contributed by atoms with Crippen LogP contribution in [-0.4, -0.2) is 52.6 Å². The van der Waals surface area contributed by atoms with Gasteiger partial charge in [-0.05, 0) is 23.3 Å². The molecule has 0 unspecified atom stereocenters. The number of hydrogen-bond acceptors (Lipinski definition) is 10. The summed E-state index contributed by atoms with van der Waals surface area (Å²) >= 11 is 1.37. The number of nitrogens with one attached hydrogen (secondary N) is 1. The van der Waals surface area contributed by atoms with Crippen LogP contribution in [-0.2, 0) is 33.9 Å². The van der Waals surface area contributed by atoms with Gasteiger partial charge in [0.25, 0.3) is 0 Å². The number of carbonyl (C=O) groups is 2.